The quantitative estimate of drug-likeness (QED) is 0.328. The number of rotatable bonds is 2. The van der Waals surface area contributed by atoms with Crippen molar-refractivity contribution in [1.82, 2.24) is 9.97 Å². The average Bonchev–Trinajstić information content (AvgIpc) is 2.71. The Balaban J connectivity index is 2.11. The second-order valence-electron chi connectivity index (χ2n) is 6.50. The van der Waals surface area contributed by atoms with E-state index in [9.17, 15) is 26.3 Å². The lowest BCUT2D eigenvalue weighted by atomic mass is 9.96. The Morgan fingerprint density at radius 3 is 1.17 bits per heavy atom. The van der Waals surface area contributed by atoms with E-state index in [1.807, 2.05) is 0 Å². The highest BCUT2D eigenvalue weighted by Crippen LogP contribution is 2.43. The van der Waals surface area contributed by atoms with Gasteiger partial charge in [0.05, 0.1) is 33.5 Å². The predicted molar refractivity (Wildman–Crippen MR) is 100 cm³/mol. The molecule has 2 nitrogen and oxygen atoms in total. The molecule has 4 rings (SSSR count). The van der Waals surface area contributed by atoms with Crippen molar-refractivity contribution in [2.45, 2.75) is 12.4 Å². The molecule has 0 aliphatic rings. The molecule has 0 amide bonds. The molecule has 0 radical (unpaired) electrons. The number of alkyl halides is 6. The Morgan fingerprint density at radius 1 is 0.467 bits per heavy atom. The molecule has 0 bridgehead atoms. The fourth-order valence-electron chi connectivity index (χ4n) is 3.25. The van der Waals surface area contributed by atoms with Gasteiger partial charge in [0.25, 0.3) is 0 Å². The molecule has 8 heteroatoms. The third kappa shape index (κ3) is 3.60. The van der Waals surface area contributed by atoms with Gasteiger partial charge in [0.15, 0.2) is 0 Å². The molecule has 3 aromatic carbocycles. The van der Waals surface area contributed by atoms with Crippen molar-refractivity contribution in [3.05, 3.63) is 83.9 Å². The molecule has 0 spiro atoms. The molecule has 0 fully saturated rings. The standard InChI is InChI=1S/C22H12F6N2/c23-21(24,25)15-9-3-1-7-13(15)19-20(30-18-12-6-5-11-17(18)29-19)14-8-2-4-10-16(14)22(26,27)28/h1-12H. The summed E-state index contributed by atoms with van der Waals surface area (Å²) in [6.07, 6.45) is -9.44. The summed E-state index contributed by atoms with van der Waals surface area (Å²) in [5.41, 5.74) is -2.65. The first-order valence-corrected chi connectivity index (χ1v) is 8.76. The van der Waals surface area contributed by atoms with Crippen LogP contribution < -0.4 is 0 Å². The van der Waals surface area contributed by atoms with Crippen LogP contribution in [0.15, 0.2) is 72.8 Å². The highest BCUT2D eigenvalue weighted by atomic mass is 19.4. The fourth-order valence-corrected chi connectivity index (χ4v) is 3.25. The van der Waals surface area contributed by atoms with Crippen molar-refractivity contribution < 1.29 is 26.3 Å². The largest absolute Gasteiger partial charge is 0.417 e. The van der Waals surface area contributed by atoms with Crippen LogP contribution in [0.25, 0.3) is 33.5 Å². The fraction of sp³-hybridized carbons (Fsp3) is 0.0909. The van der Waals surface area contributed by atoms with E-state index in [2.05, 4.69) is 9.97 Å². The molecule has 0 aliphatic heterocycles. The molecule has 152 valence electrons. The maximum atomic E-state index is 13.6. The lowest BCUT2D eigenvalue weighted by Crippen LogP contribution is -2.10. The van der Waals surface area contributed by atoms with Gasteiger partial charge in [-0.1, -0.05) is 48.5 Å². The minimum Gasteiger partial charge on any atom is -0.244 e. The Labute approximate surface area is 166 Å². The van der Waals surface area contributed by atoms with Crippen LogP contribution in [0.3, 0.4) is 0 Å². The maximum absolute atomic E-state index is 13.6. The minimum atomic E-state index is -4.72. The maximum Gasteiger partial charge on any atom is 0.417 e. The molecular weight excluding hydrogens is 406 g/mol. The highest BCUT2D eigenvalue weighted by Gasteiger charge is 2.37. The van der Waals surface area contributed by atoms with E-state index in [0.717, 1.165) is 12.1 Å². The lowest BCUT2D eigenvalue weighted by Gasteiger charge is -2.18. The topological polar surface area (TPSA) is 25.8 Å². The molecule has 0 atom stereocenters. The van der Waals surface area contributed by atoms with Gasteiger partial charge in [0.1, 0.15) is 0 Å². The Hall–Kier alpha value is -3.42. The zero-order valence-electron chi connectivity index (χ0n) is 15.1. The molecule has 0 N–H and O–H groups in total. The van der Waals surface area contributed by atoms with E-state index < -0.39 is 23.5 Å². The zero-order chi connectivity index (χ0) is 21.5. The first-order chi connectivity index (χ1) is 14.2. The predicted octanol–water partition coefficient (Wildman–Crippen LogP) is 7.00. The zero-order valence-corrected chi connectivity index (χ0v) is 15.1. The number of nitrogens with zero attached hydrogens (tertiary/aromatic N) is 2. The van der Waals surface area contributed by atoms with Gasteiger partial charge >= 0.3 is 12.4 Å². The second-order valence-corrected chi connectivity index (χ2v) is 6.50. The van der Waals surface area contributed by atoms with Gasteiger partial charge in [0, 0.05) is 11.1 Å². The lowest BCUT2D eigenvalue weighted by molar-refractivity contribution is -0.138. The van der Waals surface area contributed by atoms with Crippen LogP contribution in [0.1, 0.15) is 11.1 Å². The number of hydrogen-bond donors (Lipinski definition) is 0. The molecule has 1 aromatic heterocycles. The average molecular weight is 418 g/mol. The van der Waals surface area contributed by atoms with E-state index in [0.29, 0.717) is 0 Å². The summed E-state index contributed by atoms with van der Waals surface area (Å²) in [7, 11) is 0. The molecule has 0 unspecified atom stereocenters. The van der Waals surface area contributed by atoms with Crippen LogP contribution in [0, 0.1) is 0 Å². The van der Waals surface area contributed by atoms with E-state index in [1.165, 1.54) is 36.4 Å². The summed E-state index contributed by atoms with van der Waals surface area (Å²) >= 11 is 0. The van der Waals surface area contributed by atoms with Gasteiger partial charge in [-0.2, -0.15) is 26.3 Å². The van der Waals surface area contributed by atoms with Gasteiger partial charge in [0.2, 0.25) is 0 Å². The van der Waals surface area contributed by atoms with E-state index in [4.69, 9.17) is 0 Å². The molecule has 1 heterocycles. The molecular formula is C22H12F6N2. The molecule has 4 aromatic rings. The van der Waals surface area contributed by atoms with Gasteiger partial charge in [-0.15, -0.1) is 0 Å². The number of aromatic nitrogens is 2. The number of halogens is 6. The van der Waals surface area contributed by atoms with Gasteiger partial charge in [-0.05, 0) is 24.3 Å². The number of fused-ring (bicyclic) bond motifs is 1. The van der Waals surface area contributed by atoms with E-state index >= 15 is 0 Å². The van der Waals surface area contributed by atoms with Crippen LogP contribution in [0.4, 0.5) is 26.3 Å². The SMILES string of the molecule is FC(F)(F)c1ccccc1-c1nc2ccccc2nc1-c1ccccc1C(F)(F)F. The smallest absolute Gasteiger partial charge is 0.244 e. The summed E-state index contributed by atoms with van der Waals surface area (Å²) in [6, 6.07) is 15.6. The Bertz CT molecular complexity index is 1130. The van der Waals surface area contributed by atoms with Gasteiger partial charge in [-0.25, -0.2) is 9.97 Å². The van der Waals surface area contributed by atoms with Crippen LogP contribution in [-0.4, -0.2) is 9.97 Å². The highest BCUT2D eigenvalue weighted by molar-refractivity contribution is 5.88. The summed E-state index contributed by atoms with van der Waals surface area (Å²) in [4.78, 5) is 8.58. The molecule has 0 saturated carbocycles. The molecule has 30 heavy (non-hydrogen) atoms. The Morgan fingerprint density at radius 2 is 0.800 bits per heavy atom. The van der Waals surface area contributed by atoms with E-state index in [-0.39, 0.29) is 33.5 Å². The van der Waals surface area contributed by atoms with Gasteiger partial charge in [-0.3, -0.25) is 0 Å². The first-order valence-electron chi connectivity index (χ1n) is 8.76. The molecule has 0 aliphatic carbocycles. The third-order valence-electron chi connectivity index (χ3n) is 4.55. The van der Waals surface area contributed by atoms with Crippen LogP contribution >= 0.6 is 0 Å². The van der Waals surface area contributed by atoms with Crippen molar-refractivity contribution in [2.24, 2.45) is 0 Å². The van der Waals surface area contributed by atoms with Crippen molar-refractivity contribution in [3.63, 3.8) is 0 Å². The van der Waals surface area contributed by atoms with Gasteiger partial charge < -0.3 is 0 Å². The molecule has 0 saturated heterocycles. The number of benzene rings is 3. The number of para-hydroxylation sites is 2. The summed E-state index contributed by atoms with van der Waals surface area (Å²) in [5, 5.41) is 0. The van der Waals surface area contributed by atoms with Crippen molar-refractivity contribution in [3.8, 4) is 22.5 Å². The summed E-state index contributed by atoms with van der Waals surface area (Å²) in [6.45, 7) is 0. The van der Waals surface area contributed by atoms with Crippen molar-refractivity contribution >= 4 is 11.0 Å². The summed E-state index contributed by atoms with van der Waals surface area (Å²) in [5.74, 6) is 0. The van der Waals surface area contributed by atoms with Crippen LogP contribution in [-0.2, 0) is 12.4 Å². The van der Waals surface area contributed by atoms with Crippen LogP contribution in [0.5, 0.6) is 0 Å². The van der Waals surface area contributed by atoms with Crippen molar-refractivity contribution in [1.29, 1.82) is 0 Å². The minimum absolute atomic E-state index is 0.265. The van der Waals surface area contributed by atoms with Crippen molar-refractivity contribution in [2.75, 3.05) is 0 Å². The number of hydrogen-bond acceptors (Lipinski definition) is 2. The second kappa shape index (κ2) is 7.12. The monoisotopic (exact) mass is 418 g/mol. The third-order valence-corrected chi connectivity index (χ3v) is 4.55. The first kappa shape index (κ1) is 19.9. The Kier molecular flexibility index (Phi) is 4.72. The van der Waals surface area contributed by atoms with E-state index in [1.54, 1.807) is 24.3 Å². The summed E-state index contributed by atoms with van der Waals surface area (Å²) < 4.78 is 81.7. The normalized spacial score (nSPS) is 12.3. The van der Waals surface area contributed by atoms with Crippen LogP contribution in [0.2, 0.25) is 0 Å².